The molecule has 1 aliphatic heterocycles. The van der Waals surface area contributed by atoms with Gasteiger partial charge in [0.15, 0.2) is 0 Å². The topological polar surface area (TPSA) is 97.0 Å². The molecule has 0 aliphatic carbocycles. The lowest BCUT2D eigenvalue weighted by atomic mass is 10.0. The van der Waals surface area contributed by atoms with Gasteiger partial charge in [0.25, 0.3) is 15.9 Å². The number of nitrogens with one attached hydrogen (secondary N) is 2. The van der Waals surface area contributed by atoms with E-state index >= 15 is 0 Å². The minimum atomic E-state index is -3.86. The lowest BCUT2D eigenvalue weighted by Gasteiger charge is -2.30. The molecule has 1 amide bonds. The van der Waals surface area contributed by atoms with E-state index in [-0.39, 0.29) is 40.1 Å². The zero-order valence-corrected chi connectivity index (χ0v) is 20.7. The molecule has 2 aromatic carbocycles. The van der Waals surface area contributed by atoms with Crippen molar-refractivity contribution in [3.63, 3.8) is 0 Å². The molecule has 0 fully saturated rings. The number of hydrogen-bond donors (Lipinski definition) is 2. The SMILES string of the molecule is CO[C@@H]1CN(C)C(=O)c2cc(NS(=O)(=O)c3ccc(Cl)cc3)ccc2OC[C@H](C)NC[C@H]1C. The number of hydrogen-bond acceptors (Lipinski definition) is 6. The number of sulfonamides is 1. The third-order valence-corrected chi connectivity index (χ3v) is 7.25. The predicted molar refractivity (Wildman–Crippen MR) is 129 cm³/mol. The standard InChI is InChI=1S/C23H30ClN3O5S/c1-15-12-25-16(2)14-32-21-10-7-18(11-20(21)23(28)27(3)13-22(15)31-4)26-33(29,30)19-8-5-17(24)6-9-19/h5-11,15-16,22,25-26H,12-14H2,1-4H3/t15-,16+,22-/m1/s1. The first-order chi connectivity index (χ1) is 15.6. The normalized spacial score (nSPS) is 22.5. The van der Waals surface area contributed by atoms with Gasteiger partial charge in [0, 0.05) is 44.0 Å². The van der Waals surface area contributed by atoms with Crippen molar-refractivity contribution in [1.29, 1.82) is 0 Å². The molecule has 10 heteroatoms. The maximum Gasteiger partial charge on any atom is 0.261 e. The number of nitrogens with zero attached hydrogens (tertiary/aromatic N) is 1. The average molecular weight is 496 g/mol. The molecule has 0 unspecified atom stereocenters. The maximum atomic E-state index is 13.3. The summed E-state index contributed by atoms with van der Waals surface area (Å²) in [5, 5.41) is 3.86. The van der Waals surface area contributed by atoms with Crippen molar-refractivity contribution in [3.05, 3.63) is 53.1 Å². The fourth-order valence-corrected chi connectivity index (χ4v) is 4.73. The molecule has 1 heterocycles. The molecule has 0 aromatic heterocycles. The summed E-state index contributed by atoms with van der Waals surface area (Å²) < 4.78 is 39.7. The molecule has 0 bridgehead atoms. The van der Waals surface area contributed by atoms with Crippen LogP contribution in [0.1, 0.15) is 24.2 Å². The smallest absolute Gasteiger partial charge is 0.261 e. The molecule has 33 heavy (non-hydrogen) atoms. The van der Waals surface area contributed by atoms with Gasteiger partial charge in [-0.15, -0.1) is 0 Å². The Labute approximate surface area is 200 Å². The molecule has 180 valence electrons. The highest BCUT2D eigenvalue weighted by atomic mass is 35.5. The predicted octanol–water partition coefficient (Wildman–Crippen LogP) is 3.23. The van der Waals surface area contributed by atoms with Gasteiger partial charge in [-0.05, 0) is 55.3 Å². The van der Waals surface area contributed by atoms with Gasteiger partial charge in [0.2, 0.25) is 0 Å². The van der Waals surface area contributed by atoms with E-state index in [0.29, 0.717) is 23.9 Å². The number of methoxy groups -OCH3 is 1. The van der Waals surface area contributed by atoms with Crippen LogP contribution < -0.4 is 14.8 Å². The van der Waals surface area contributed by atoms with Crippen LogP contribution in [0.15, 0.2) is 47.4 Å². The van der Waals surface area contributed by atoms with Gasteiger partial charge in [-0.2, -0.15) is 0 Å². The average Bonchev–Trinajstić information content (AvgIpc) is 2.78. The van der Waals surface area contributed by atoms with Gasteiger partial charge < -0.3 is 19.7 Å². The summed E-state index contributed by atoms with van der Waals surface area (Å²) >= 11 is 5.86. The third-order valence-electron chi connectivity index (χ3n) is 5.60. The largest absolute Gasteiger partial charge is 0.491 e. The fourth-order valence-electron chi connectivity index (χ4n) is 3.55. The highest BCUT2D eigenvalue weighted by molar-refractivity contribution is 7.92. The van der Waals surface area contributed by atoms with Crippen molar-refractivity contribution in [2.24, 2.45) is 5.92 Å². The van der Waals surface area contributed by atoms with Gasteiger partial charge in [-0.1, -0.05) is 18.5 Å². The second-order valence-electron chi connectivity index (χ2n) is 8.33. The van der Waals surface area contributed by atoms with E-state index in [1.807, 2.05) is 6.92 Å². The minimum absolute atomic E-state index is 0.0492. The lowest BCUT2D eigenvalue weighted by Crippen LogP contribution is -2.44. The quantitative estimate of drug-likeness (QED) is 0.676. The Bertz CT molecular complexity index is 1080. The number of anilines is 1. The molecule has 3 rings (SSSR count). The van der Waals surface area contributed by atoms with Crippen molar-refractivity contribution >= 4 is 33.2 Å². The van der Waals surface area contributed by atoms with Crippen molar-refractivity contribution in [2.45, 2.75) is 30.9 Å². The van der Waals surface area contributed by atoms with Crippen LogP contribution in [0, 0.1) is 5.92 Å². The molecule has 2 N–H and O–H groups in total. The van der Waals surface area contributed by atoms with Crippen LogP contribution in [-0.2, 0) is 14.8 Å². The minimum Gasteiger partial charge on any atom is -0.491 e. The summed E-state index contributed by atoms with van der Waals surface area (Å²) in [7, 11) is -0.535. The van der Waals surface area contributed by atoms with Crippen LogP contribution in [0.4, 0.5) is 5.69 Å². The van der Waals surface area contributed by atoms with Crippen LogP contribution in [0.25, 0.3) is 0 Å². The second kappa shape index (κ2) is 10.7. The Morgan fingerprint density at radius 3 is 2.55 bits per heavy atom. The highest BCUT2D eigenvalue weighted by Crippen LogP contribution is 2.27. The zero-order valence-electron chi connectivity index (χ0n) is 19.2. The van der Waals surface area contributed by atoms with Crippen LogP contribution >= 0.6 is 11.6 Å². The Balaban J connectivity index is 1.93. The monoisotopic (exact) mass is 495 g/mol. The fraction of sp³-hybridized carbons (Fsp3) is 0.435. The van der Waals surface area contributed by atoms with Gasteiger partial charge in [0.1, 0.15) is 12.4 Å². The molecule has 1 aliphatic rings. The molecule has 8 nitrogen and oxygen atoms in total. The first-order valence-corrected chi connectivity index (χ1v) is 12.5. The molecule has 3 atom stereocenters. The first-order valence-electron chi connectivity index (χ1n) is 10.7. The summed E-state index contributed by atoms with van der Waals surface area (Å²) in [4.78, 5) is 14.9. The van der Waals surface area contributed by atoms with Crippen LogP contribution in [0.2, 0.25) is 5.02 Å². The number of likely N-dealkylation sites (N-methyl/N-ethyl adjacent to an activating group) is 1. The number of carbonyl (C=O) groups excluding carboxylic acids is 1. The Kier molecular flexibility index (Phi) is 8.23. The van der Waals surface area contributed by atoms with E-state index < -0.39 is 10.0 Å². The van der Waals surface area contributed by atoms with E-state index in [1.165, 1.54) is 30.3 Å². The molecule has 0 saturated heterocycles. The highest BCUT2D eigenvalue weighted by Gasteiger charge is 2.26. The maximum absolute atomic E-state index is 13.3. The Morgan fingerprint density at radius 1 is 1.18 bits per heavy atom. The van der Waals surface area contributed by atoms with E-state index in [2.05, 4.69) is 17.0 Å². The Morgan fingerprint density at radius 2 is 1.88 bits per heavy atom. The summed E-state index contributed by atoms with van der Waals surface area (Å²) in [6, 6.07) is 10.6. The Hall–Kier alpha value is -2.33. The number of fused-ring (bicyclic) bond motifs is 1. The van der Waals surface area contributed by atoms with Gasteiger partial charge in [-0.3, -0.25) is 9.52 Å². The van der Waals surface area contributed by atoms with Crippen LogP contribution in [-0.4, -0.2) is 65.2 Å². The molecular formula is C23H30ClN3O5S. The molecular weight excluding hydrogens is 466 g/mol. The number of amides is 1. The number of benzene rings is 2. The third kappa shape index (κ3) is 6.38. The number of rotatable bonds is 4. The zero-order chi connectivity index (χ0) is 24.2. The van der Waals surface area contributed by atoms with Crippen molar-refractivity contribution < 1.29 is 22.7 Å². The van der Waals surface area contributed by atoms with Gasteiger partial charge in [0.05, 0.1) is 16.6 Å². The molecule has 0 radical (unpaired) electrons. The van der Waals surface area contributed by atoms with Crippen LogP contribution in [0.3, 0.4) is 0 Å². The molecule has 0 spiro atoms. The van der Waals surface area contributed by atoms with E-state index in [0.717, 1.165) is 6.54 Å². The van der Waals surface area contributed by atoms with E-state index in [1.54, 1.807) is 31.2 Å². The molecule has 0 saturated carbocycles. The summed E-state index contributed by atoms with van der Waals surface area (Å²) in [6.45, 7) is 5.53. The molecule has 2 aromatic rings. The summed E-state index contributed by atoms with van der Waals surface area (Å²) in [5.74, 6) is 0.273. The number of halogens is 1. The van der Waals surface area contributed by atoms with Crippen LogP contribution in [0.5, 0.6) is 5.75 Å². The van der Waals surface area contributed by atoms with Crippen molar-refractivity contribution in [2.75, 3.05) is 38.6 Å². The lowest BCUT2D eigenvalue weighted by molar-refractivity contribution is 0.0281. The second-order valence-corrected chi connectivity index (χ2v) is 10.4. The number of carbonyl (C=O) groups is 1. The van der Waals surface area contributed by atoms with Gasteiger partial charge in [-0.25, -0.2) is 8.42 Å². The van der Waals surface area contributed by atoms with Gasteiger partial charge >= 0.3 is 0 Å². The van der Waals surface area contributed by atoms with Crippen molar-refractivity contribution in [1.82, 2.24) is 10.2 Å². The van der Waals surface area contributed by atoms with E-state index in [4.69, 9.17) is 21.1 Å². The number of ether oxygens (including phenoxy) is 2. The first kappa shape index (κ1) is 25.3. The summed E-state index contributed by atoms with van der Waals surface area (Å²) in [6.07, 6.45) is -0.158. The van der Waals surface area contributed by atoms with E-state index in [9.17, 15) is 13.2 Å². The van der Waals surface area contributed by atoms with Crippen molar-refractivity contribution in [3.8, 4) is 5.75 Å². The summed E-state index contributed by atoms with van der Waals surface area (Å²) in [5.41, 5.74) is 0.521.